The Kier molecular flexibility index (Phi) is 9.24. The summed E-state index contributed by atoms with van der Waals surface area (Å²) < 4.78 is 5.23. The van der Waals surface area contributed by atoms with E-state index >= 15 is 0 Å². The van der Waals surface area contributed by atoms with Crippen molar-refractivity contribution in [1.29, 1.82) is 0 Å². The van der Waals surface area contributed by atoms with Crippen LogP contribution in [0.4, 0.5) is 0 Å². The van der Waals surface area contributed by atoms with Gasteiger partial charge in [0.1, 0.15) is 5.01 Å². The van der Waals surface area contributed by atoms with Crippen molar-refractivity contribution in [2.24, 2.45) is 5.41 Å². The molecule has 0 atom stereocenters. The first-order chi connectivity index (χ1) is 14.5. The van der Waals surface area contributed by atoms with Gasteiger partial charge in [-0.25, -0.2) is 4.98 Å². The molecule has 1 heterocycles. The van der Waals surface area contributed by atoms with Crippen molar-refractivity contribution in [1.82, 2.24) is 10.3 Å². The number of nitrogens with zero attached hydrogens (tertiary/aromatic N) is 1. The van der Waals surface area contributed by atoms with E-state index < -0.39 is 5.41 Å². The Morgan fingerprint density at radius 2 is 1.93 bits per heavy atom. The second kappa shape index (κ2) is 11.6. The monoisotopic (exact) mass is 428 g/mol. The molecule has 0 aliphatic carbocycles. The molecule has 1 amide bonds. The average Bonchev–Trinajstić information content (AvgIpc) is 3.21. The van der Waals surface area contributed by atoms with Gasteiger partial charge < -0.3 is 10.1 Å². The summed E-state index contributed by atoms with van der Waals surface area (Å²) >= 11 is 1.62. The number of rotatable bonds is 11. The van der Waals surface area contributed by atoms with E-state index in [0.717, 1.165) is 29.1 Å². The minimum absolute atomic E-state index is 0.194. The first-order valence-electron chi connectivity index (χ1n) is 10.7. The summed E-state index contributed by atoms with van der Waals surface area (Å²) in [7, 11) is 0. The van der Waals surface area contributed by atoms with Gasteiger partial charge in [0.15, 0.2) is 0 Å². The Balaban J connectivity index is 2.06. The molecule has 6 heteroatoms. The fourth-order valence-corrected chi connectivity index (χ4v) is 3.96. The SMILES string of the molecule is CCCc1csc(C=Cc2cccc(C(=O)NCC(CC)(CC)C(=O)OCC)c2)n1. The van der Waals surface area contributed by atoms with Crippen LogP contribution in [0.2, 0.25) is 0 Å². The summed E-state index contributed by atoms with van der Waals surface area (Å²) in [6.07, 6.45) is 7.23. The predicted molar refractivity (Wildman–Crippen MR) is 123 cm³/mol. The number of thiazole rings is 1. The Morgan fingerprint density at radius 1 is 1.17 bits per heavy atom. The van der Waals surface area contributed by atoms with Gasteiger partial charge in [-0.15, -0.1) is 11.3 Å². The summed E-state index contributed by atoms with van der Waals surface area (Å²) in [5.74, 6) is -0.446. The Bertz CT molecular complexity index is 869. The molecule has 0 saturated heterocycles. The molecule has 1 aromatic carbocycles. The lowest BCUT2D eigenvalue weighted by Crippen LogP contribution is -2.43. The summed E-state index contributed by atoms with van der Waals surface area (Å²) in [5, 5.41) is 5.97. The number of benzene rings is 1. The highest BCUT2D eigenvalue weighted by Gasteiger charge is 2.36. The number of amides is 1. The zero-order valence-electron chi connectivity index (χ0n) is 18.4. The molecule has 2 rings (SSSR count). The molecule has 0 aliphatic heterocycles. The van der Waals surface area contributed by atoms with Gasteiger partial charge in [0.2, 0.25) is 0 Å². The summed E-state index contributed by atoms with van der Waals surface area (Å²) in [6.45, 7) is 8.43. The van der Waals surface area contributed by atoms with Crippen molar-refractivity contribution in [3.63, 3.8) is 0 Å². The third-order valence-electron chi connectivity index (χ3n) is 5.29. The van der Waals surface area contributed by atoms with Crippen LogP contribution < -0.4 is 5.32 Å². The Hall–Kier alpha value is -2.47. The number of aryl methyl sites for hydroxylation is 1. The van der Waals surface area contributed by atoms with Crippen molar-refractivity contribution in [2.75, 3.05) is 13.2 Å². The molecular formula is C24H32N2O3S. The maximum atomic E-state index is 12.7. The van der Waals surface area contributed by atoms with Crippen LogP contribution in [0.15, 0.2) is 29.6 Å². The first-order valence-corrected chi connectivity index (χ1v) is 11.5. The topological polar surface area (TPSA) is 68.3 Å². The average molecular weight is 429 g/mol. The fraction of sp³-hybridized carbons (Fsp3) is 0.458. The van der Waals surface area contributed by atoms with Crippen molar-refractivity contribution in [3.8, 4) is 0 Å². The summed E-state index contributed by atoms with van der Waals surface area (Å²) in [4.78, 5) is 29.7. The van der Waals surface area contributed by atoms with Gasteiger partial charge in [0.25, 0.3) is 5.91 Å². The second-order valence-corrected chi connectivity index (χ2v) is 8.17. The molecule has 1 N–H and O–H groups in total. The Labute approximate surface area is 183 Å². The van der Waals surface area contributed by atoms with E-state index in [9.17, 15) is 9.59 Å². The van der Waals surface area contributed by atoms with Crippen molar-refractivity contribution in [2.45, 2.75) is 53.4 Å². The fourth-order valence-electron chi connectivity index (χ4n) is 3.22. The highest BCUT2D eigenvalue weighted by molar-refractivity contribution is 7.10. The zero-order chi connectivity index (χ0) is 22.0. The lowest BCUT2D eigenvalue weighted by molar-refractivity contribution is -0.155. The van der Waals surface area contributed by atoms with E-state index in [1.165, 1.54) is 0 Å². The number of nitrogens with one attached hydrogen (secondary N) is 1. The van der Waals surface area contributed by atoms with Crippen LogP contribution in [0.1, 0.15) is 73.6 Å². The first kappa shape index (κ1) is 23.8. The molecule has 162 valence electrons. The maximum Gasteiger partial charge on any atom is 0.313 e. The van der Waals surface area contributed by atoms with Crippen molar-refractivity contribution >= 4 is 35.4 Å². The largest absolute Gasteiger partial charge is 0.466 e. The van der Waals surface area contributed by atoms with E-state index in [-0.39, 0.29) is 18.4 Å². The molecule has 30 heavy (non-hydrogen) atoms. The zero-order valence-corrected chi connectivity index (χ0v) is 19.2. The number of hydrogen-bond donors (Lipinski definition) is 1. The van der Waals surface area contributed by atoms with Crippen LogP contribution in [0.25, 0.3) is 12.2 Å². The number of ether oxygens (including phenoxy) is 1. The van der Waals surface area contributed by atoms with Crippen LogP contribution in [0, 0.1) is 5.41 Å². The van der Waals surface area contributed by atoms with Gasteiger partial charge in [0.05, 0.1) is 17.7 Å². The molecule has 0 radical (unpaired) electrons. The predicted octanol–water partition coefficient (Wildman–Crippen LogP) is 5.37. The van der Waals surface area contributed by atoms with E-state index in [4.69, 9.17) is 4.74 Å². The van der Waals surface area contributed by atoms with Crippen LogP contribution in [0.5, 0.6) is 0 Å². The molecule has 0 saturated carbocycles. The lowest BCUT2D eigenvalue weighted by atomic mass is 9.82. The van der Waals surface area contributed by atoms with E-state index in [0.29, 0.717) is 25.0 Å². The van der Waals surface area contributed by atoms with Crippen LogP contribution in [0.3, 0.4) is 0 Å². The van der Waals surface area contributed by atoms with Crippen LogP contribution in [-0.2, 0) is 16.0 Å². The van der Waals surface area contributed by atoms with Gasteiger partial charge in [-0.2, -0.15) is 0 Å². The molecule has 0 unspecified atom stereocenters. The van der Waals surface area contributed by atoms with E-state index in [1.54, 1.807) is 24.3 Å². The normalized spacial score (nSPS) is 11.6. The number of hydrogen-bond acceptors (Lipinski definition) is 5. The molecule has 0 bridgehead atoms. The molecule has 2 aromatic rings. The number of carbonyl (C=O) groups is 2. The highest BCUT2D eigenvalue weighted by atomic mass is 32.1. The Morgan fingerprint density at radius 3 is 2.60 bits per heavy atom. The molecule has 1 aromatic heterocycles. The van der Waals surface area contributed by atoms with Gasteiger partial charge in [-0.1, -0.05) is 45.4 Å². The molecule has 0 fully saturated rings. The van der Waals surface area contributed by atoms with Crippen molar-refractivity contribution < 1.29 is 14.3 Å². The standard InChI is InChI=1S/C24H32N2O3S/c1-5-10-20-16-30-21(26-20)14-13-18-11-9-12-19(15-18)22(27)25-17-24(6-2,7-3)23(28)29-8-4/h9,11-16H,5-8,10,17H2,1-4H3,(H,25,27). The van der Waals surface area contributed by atoms with Crippen LogP contribution in [-0.4, -0.2) is 30.0 Å². The molecule has 0 spiro atoms. The van der Waals surface area contributed by atoms with Gasteiger partial charge >= 0.3 is 5.97 Å². The number of carbonyl (C=O) groups excluding carboxylic acids is 2. The van der Waals surface area contributed by atoms with E-state index in [1.807, 2.05) is 44.2 Å². The number of esters is 1. The van der Waals surface area contributed by atoms with Gasteiger partial charge in [-0.3, -0.25) is 9.59 Å². The smallest absolute Gasteiger partial charge is 0.313 e. The quantitative estimate of drug-likeness (QED) is 0.489. The van der Waals surface area contributed by atoms with Gasteiger partial charge in [-0.05, 0) is 50.0 Å². The lowest BCUT2D eigenvalue weighted by Gasteiger charge is -2.29. The van der Waals surface area contributed by atoms with E-state index in [2.05, 4.69) is 22.6 Å². The van der Waals surface area contributed by atoms with Gasteiger partial charge in [0, 0.05) is 17.5 Å². The second-order valence-electron chi connectivity index (χ2n) is 7.28. The third-order valence-corrected chi connectivity index (χ3v) is 6.15. The molecule has 5 nitrogen and oxygen atoms in total. The number of aromatic nitrogens is 1. The minimum atomic E-state index is -0.690. The molecular weight excluding hydrogens is 396 g/mol. The minimum Gasteiger partial charge on any atom is -0.466 e. The van der Waals surface area contributed by atoms with Crippen molar-refractivity contribution in [3.05, 3.63) is 51.5 Å². The third kappa shape index (κ3) is 6.26. The summed E-state index contributed by atoms with van der Waals surface area (Å²) in [6, 6.07) is 7.43. The highest BCUT2D eigenvalue weighted by Crippen LogP contribution is 2.27. The van der Waals surface area contributed by atoms with Crippen LogP contribution >= 0.6 is 11.3 Å². The molecule has 0 aliphatic rings. The maximum absolute atomic E-state index is 12.7. The summed E-state index contributed by atoms with van der Waals surface area (Å²) in [5.41, 5.74) is 1.92.